The number of rotatable bonds is 9. The SMILES string of the molecule is COc1ccc(CN(CCNS(=O)(=O)c2ccccc2)S(C)(=O)=O)cc1. The van der Waals surface area contributed by atoms with Crippen LogP contribution in [0.25, 0.3) is 0 Å². The average Bonchev–Trinajstić information content (AvgIpc) is 2.61. The van der Waals surface area contributed by atoms with E-state index in [1.54, 1.807) is 49.6 Å². The van der Waals surface area contributed by atoms with Crippen molar-refractivity contribution in [1.29, 1.82) is 0 Å². The third kappa shape index (κ3) is 5.80. The second-order valence-corrected chi connectivity index (χ2v) is 9.40. The zero-order valence-electron chi connectivity index (χ0n) is 14.6. The number of methoxy groups -OCH3 is 1. The molecule has 0 atom stereocenters. The van der Waals surface area contributed by atoms with Gasteiger partial charge in [-0.3, -0.25) is 0 Å². The Kier molecular flexibility index (Phi) is 6.76. The fourth-order valence-corrected chi connectivity index (χ4v) is 4.13. The Hall–Kier alpha value is -1.94. The number of nitrogens with one attached hydrogen (secondary N) is 1. The van der Waals surface area contributed by atoms with Crippen LogP contribution in [0.3, 0.4) is 0 Å². The molecule has 0 aliphatic rings. The highest BCUT2D eigenvalue weighted by atomic mass is 32.2. The lowest BCUT2D eigenvalue weighted by Crippen LogP contribution is -2.37. The molecule has 0 bridgehead atoms. The molecular weight excluding hydrogens is 376 g/mol. The van der Waals surface area contributed by atoms with Crippen molar-refractivity contribution in [3.8, 4) is 5.75 Å². The van der Waals surface area contributed by atoms with Gasteiger partial charge in [-0.05, 0) is 29.8 Å². The zero-order chi connectivity index (χ0) is 19.2. The minimum atomic E-state index is -3.67. The van der Waals surface area contributed by atoms with Crippen LogP contribution in [0.1, 0.15) is 5.56 Å². The molecule has 0 aliphatic heterocycles. The summed E-state index contributed by atoms with van der Waals surface area (Å²) >= 11 is 0. The summed E-state index contributed by atoms with van der Waals surface area (Å²) in [4.78, 5) is 0.140. The zero-order valence-corrected chi connectivity index (χ0v) is 16.3. The Morgan fingerprint density at radius 2 is 1.58 bits per heavy atom. The Balaban J connectivity index is 2.02. The lowest BCUT2D eigenvalue weighted by Gasteiger charge is -2.20. The lowest BCUT2D eigenvalue weighted by molar-refractivity contribution is 0.408. The van der Waals surface area contributed by atoms with E-state index >= 15 is 0 Å². The minimum Gasteiger partial charge on any atom is -0.497 e. The Morgan fingerprint density at radius 1 is 0.962 bits per heavy atom. The van der Waals surface area contributed by atoms with Crippen LogP contribution >= 0.6 is 0 Å². The van der Waals surface area contributed by atoms with E-state index in [0.717, 1.165) is 11.8 Å². The van der Waals surface area contributed by atoms with Gasteiger partial charge in [-0.2, -0.15) is 4.31 Å². The van der Waals surface area contributed by atoms with Crippen LogP contribution in [0.2, 0.25) is 0 Å². The molecule has 0 aliphatic carbocycles. The molecule has 1 N–H and O–H groups in total. The molecule has 26 heavy (non-hydrogen) atoms. The van der Waals surface area contributed by atoms with Crippen LogP contribution in [0.5, 0.6) is 5.75 Å². The number of nitrogens with zero attached hydrogens (tertiary/aromatic N) is 1. The molecule has 0 amide bonds. The predicted molar refractivity (Wildman–Crippen MR) is 99.9 cm³/mol. The molecule has 2 rings (SSSR count). The van der Waals surface area contributed by atoms with E-state index in [9.17, 15) is 16.8 Å². The molecule has 0 spiro atoms. The molecule has 9 heteroatoms. The summed E-state index contributed by atoms with van der Waals surface area (Å²) in [5, 5.41) is 0. The van der Waals surface area contributed by atoms with Crippen molar-refractivity contribution >= 4 is 20.0 Å². The highest BCUT2D eigenvalue weighted by molar-refractivity contribution is 7.89. The third-order valence-corrected chi connectivity index (χ3v) is 6.42. The van der Waals surface area contributed by atoms with Crippen LogP contribution in [0.15, 0.2) is 59.5 Å². The van der Waals surface area contributed by atoms with Gasteiger partial charge < -0.3 is 4.74 Å². The second kappa shape index (κ2) is 8.63. The molecule has 0 saturated carbocycles. The van der Waals surface area contributed by atoms with Gasteiger partial charge in [-0.15, -0.1) is 0 Å². The molecule has 0 fully saturated rings. The summed E-state index contributed by atoms with van der Waals surface area (Å²) in [7, 11) is -5.61. The highest BCUT2D eigenvalue weighted by Gasteiger charge is 2.19. The summed E-state index contributed by atoms with van der Waals surface area (Å²) in [5.41, 5.74) is 0.780. The summed E-state index contributed by atoms with van der Waals surface area (Å²) < 4.78 is 57.1. The fourth-order valence-electron chi connectivity index (χ4n) is 2.28. The molecule has 0 radical (unpaired) electrons. The molecule has 0 aromatic heterocycles. The maximum atomic E-state index is 12.2. The lowest BCUT2D eigenvalue weighted by atomic mass is 10.2. The van der Waals surface area contributed by atoms with Crippen molar-refractivity contribution in [2.45, 2.75) is 11.4 Å². The summed E-state index contributed by atoms with van der Waals surface area (Å²) in [5.74, 6) is 0.676. The fraction of sp³-hybridized carbons (Fsp3) is 0.294. The standard InChI is InChI=1S/C17H22N2O5S2/c1-24-16-10-8-15(9-11-16)14-19(25(2,20)21)13-12-18-26(22,23)17-6-4-3-5-7-17/h3-11,18H,12-14H2,1-2H3. The van der Waals surface area contributed by atoms with Crippen molar-refractivity contribution in [1.82, 2.24) is 9.03 Å². The molecule has 142 valence electrons. The van der Waals surface area contributed by atoms with Crippen LogP contribution in [0.4, 0.5) is 0 Å². The Morgan fingerprint density at radius 3 is 2.12 bits per heavy atom. The van der Waals surface area contributed by atoms with Crippen LogP contribution in [-0.2, 0) is 26.6 Å². The quantitative estimate of drug-likeness (QED) is 0.690. The first-order chi connectivity index (χ1) is 12.2. The van der Waals surface area contributed by atoms with E-state index in [4.69, 9.17) is 4.74 Å². The first-order valence-corrected chi connectivity index (χ1v) is 11.2. The maximum Gasteiger partial charge on any atom is 0.240 e. The second-order valence-electron chi connectivity index (χ2n) is 5.66. The normalized spacial score (nSPS) is 12.3. The van der Waals surface area contributed by atoms with Crippen molar-refractivity contribution in [3.05, 3.63) is 60.2 Å². The van der Waals surface area contributed by atoms with Gasteiger partial charge >= 0.3 is 0 Å². The largest absolute Gasteiger partial charge is 0.497 e. The molecule has 2 aromatic carbocycles. The Labute approximate surface area is 154 Å². The van der Waals surface area contributed by atoms with Crippen molar-refractivity contribution in [2.75, 3.05) is 26.5 Å². The Bertz CT molecular complexity index is 911. The third-order valence-electron chi connectivity index (χ3n) is 3.69. The van der Waals surface area contributed by atoms with Gasteiger partial charge in [0.2, 0.25) is 20.0 Å². The molecule has 0 unspecified atom stereocenters. The van der Waals surface area contributed by atoms with Crippen molar-refractivity contribution in [3.63, 3.8) is 0 Å². The van der Waals surface area contributed by atoms with Gasteiger partial charge in [0.05, 0.1) is 18.3 Å². The van der Waals surface area contributed by atoms with Crippen molar-refractivity contribution in [2.24, 2.45) is 0 Å². The monoisotopic (exact) mass is 398 g/mol. The van der Waals surface area contributed by atoms with E-state index < -0.39 is 20.0 Å². The van der Waals surface area contributed by atoms with E-state index in [0.29, 0.717) is 5.75 Å². The number of benzene rings is 2. The first-order valence-electron chi connectivity index (χ1n) is 7.85. The number of hydrogen-bond acceptors (Lipinski definition) is 5. The van der Waals surface area contributed by atoms with Gasteiger partial charge in [0, 0.05) is 19.6 Å². The van der Waals surface area contributed by atoms with Crippen LogP contribution in [-0.4, -0.2) is 47.6 Å². The van der Waals surface area contributed by atoms with Crippen LogP contribution in [0, 0.1) is 0 Å². The predicted octanol–water partition coefficient (Wildman–Crippen LogP) is 1.44. The van der Waals surface area contributed by atoms with E-state index in [-0.39, 0.29) is 24.5 Å². The van der Waals surface area contributed by atoms with E-state index in [1.165, 1.54) is 16.4 Å². The number of ether oxygens (including phenoxy) is 1. The molecule has 0 saturated heterocycles. The van der Waals surface area contributed by atoms with Gasteiger partial charge in [0.25, 0.3) is 0 Å². The highest BCUT2D eigenvalue weighted by Crippen LogP contribution is 2.14. The van der Waals surface area contributed by atoms with Gasteiger partial charge in [0.1, 0.15) is 5.75 Å². The van der Waals surface area contributed by atoms with E-state index in [2.05, 4.69) is 4.72 Å². The first kappa shape index (κ1) is 20.4. The summed E-state index contributed by atoms with van der Waals surface area (Å²) in [6.45, 7) is 0.146. The molecule has 0 heterocycles. The van der Waals surface area contributed by atoms with E-state index in [1.807, 2.05) is 0 Å². The average molecular weight is 399 g/mol. The minimum absolute atomic E-state index is 0.0247. The van der Waals surface area contributed by atoms with Crippen LogP contribution < -0.4 is 9.46 Å². The number of hydrogen-bond donors (Lipinski definition) is 1. The molecule has 2 aromatic rings. The van der Waals surface area contributed by atoms with Crippen molar-refractivity contribution < 1.29 is 21.6 Å². The molecule has 7 nitrogen and oxygen atoms in total. The summed E-state index contributed by atoms with van der Waals surface area (Å²) in [6, 6.07) is 15.0. The topological polar surface area (TPSA) is 92.8 Å². The summed E-state index contributed by atoms with van der Waals surface area (Å²) in [6.07, 6.45) is 1.10. The smallest absolute Gasteiger partial charge is 0.240 e. The number of sulfonamides is 2. The van der Waals surface area contributed by atoms with Gasteiger partial charge in [-0.25, -0.2) is 21.6 Å². The molecular formula is C17H22N2O5S2. The van der Waals surface area contributed by atoms with Gasteiger partial charge in [0.15, 0.2) is 0 Å². The maximum absolute atomic E-state index is 12.2. The van der Waals surface area contributed by atoms with Gasteiger partial charge in [-0.1, -0.05) is 30.3 Å².